The molecule has 3 nitrogen and oxygen atoms in total. The van der Waals surface area contributed by atoms with Crippen molar-refractivity contribution in [2.45, 2.75) is 0 Å². The summed E-state index contributed by atoms with van der Waals surface area (Å²) >= 11 is 2.84. The van der Waals surface area contributed by atoms with Crippen LogP contribution in [0.3, 0.4) is 0 Å². The van der Waals surface area contributed by atoms with E-state index in [1.807, 2.05) is 0 Å². The quantitative estimate of drug-likeness (QED) is 0.713. The summed E-state index contributed by atoms with van der Waals surface area (Å²) in [6, 6.07) is -1.53. The summed E-state index contributed by atoms with van der Waals surface area (Å²) in [5.41, 5.74) is -0.812. The predicted molar refractivity (Wildman–Crippen MR) is 55.0 cm³/mol. The molecule has 0 saturated carbocycles. The average molecular weight is 254 g/mol. The molecule has 0 N–H and O–H groups in total. The summed E-state index contributed by atoms with van der Waals surface area (Å²) < 4.78 is 89.5. The third-order valence-electron chi connectivity index (χ3n) is 1.19. The molecule has 0 radical (unpaired) electrons. The van der Waals surface area contributed by atoms with Crippen molar-refractivity contribution in [1.29, 1.82) is 0 Å². The molecular weight excluding hydrogens is 232 g/mol. The first-order valence-electron chi connectivity index (χ1n) is 8.72. The van der Waals surface area contributed by atoms with Gasteiger partial charge >= 0.3 is 0 Å². The van der Waals surface area contributed by atoms with Gasteiger partial charge in [0.15, 0.2) is 0 Å². The van der Waals surface area contributed by atoms with E-state index in [1.54, 1.807) is 0 Å². The third-order valence-corrected chi connectivity index (χ3v) is 1.57. The van der Waals surface area contributed by atoms with Gasteiger partial charge in [0, 0.05) is 24.9 Å². The molecule has 1 aromatic rings. The van der Waals surface area contributed by atoms with Gasteiger partial charge in [-0.15, -0.1) is 0 Å². The van der Waals surface area contributed by atoms with Gasteiger partial charge in [-0.25, -0.2) is 4.98 Å². The molecule has 0 aliphatic carbocycles. The van der Waals surface area contributed by atoms with Crippen molar-refractivity contribution < 1.29 is 19.8 Å². The zero-order valence-corrected chi connectivity index (χ0v) is 7.77. The Bertz CT molecular complexity index is 642. The Kier molecular flexibility index (Phi) is 0.845. The summed E-state index contributed by atoms with van der Waals surface area (Å²) in [5, 5.41) is 0. The average Bonchev–Trinajstić information content (AvgIpc) is 2.38. The number of pyridine rings is 1. The number of rotatable bonds is 1. The molecule has 0 bridgehead atoms. The summed E-state index contributed by atoms with van der Waals surface area (Å²) in [5.74, 6) is 0. The van der Waals surface area contributed by atoms with Crippen LogP contribution < -0.4 is 4.90 Å². The van der Waals surface area contributed by atoms with Gasteiger partial charge in [-0.1, -0.05) is 0 Å². The molecule has 0 aromatic carbocycles. The standard InChI is InChI=1S/C9H11BrN2O/c10-9-7-8(1-2-11-9)12-3-5-13-6-4-12/h1-2,7H,3-6H2/i1D,2D,3D2,4D2,5D2,6D2,7D. The molecule has 1 aliphatic heterocycles. The van der Waals surface area contributed by atoms with Crippen LogP contribution >= 0.6 is 15.9 Å². The van der Waals surface area contributed by atoms with Crippen LogP contribution in [0, 0.1) is 0 Å². The molecule has 1 saturated heterocycles. The molecule has 2 rings (SSSR count). The van der Waals surface area contributed by atoms with Crippen molar-refractivity contribution >= 4 is 21.6 Å². The van der Waals surface area contributed by atoms with E-state index in [1.165, 1.54) is 0 Å². The van der Waals surface area contributed by atoms with E-state index < -0.39 is 50.1 Å². The number of hydrogen-bond donors (Lipinski definition) is 0. The van der Waals surface area contributed by atoms with Crippen molar-refractivity contribution in [3.63, 3.8) is 0 Å². The fourth-order valence-electron chi connectivity index (χ4n) is 0.701. The van der Waals surface area contributed by atoms with E-state index in [-0.39, 0.29) is 9.50 Å². The molecule has 0 unspecified atom stereocenters. The highest BCUT2D eigenvalue weighted by Gasteiger charge is 2.10. The van der Waals surface area contributed by atoms with E-state index in [9.17, 15) is 0 Å². The Morgan fingerprint density at radius 1 is 1.62 bits per heavy atom. The second-order valence-corrected chi connectivity index (χ2v) is 2.73. The number of ether oxygens (including phenoxy) is 1. The maximum absolute atomic E-state index is 7.91. The van der Waals surface area contributed by atoms with Gasteiger partial charge < -0.3 is 9.64 Å². The van der Waals surface area contributed by atoms with Gasteiger partial charge in [-0.3, -0.25) is 0 Å². The van der Waals surface area contributed by atoms with E-state index >= 15 is 0 Å². The molecule has 4 heteroatoms. The van der Waals surface area contributed by atoms with E-state index in [0.717, 1.165) is 0 Å². The lowest BCUT2D eigenvalue weighted by atomic mass is 10.3. The smallest absolute Gasteiger partial charge is 0.108 e. The molecule has 0 amide bonds. The zero-order chi connectivity index (χ0) is 18.9. The highest BCUT2D eigenvalue weighted by Crippen LogP contribution is 2.18. The van der Waals surface area contributed by atoms with Gasteiger partial charge in [-0.05, 0) is 28.0 Å². The lowest BCUT2D eigenvalue weighted by Crippen LogP contribution is -2.36. The van der Waals surface area contributed by atoms with Gasteiger partial charge in [-0.2, -0.15) is 0 Å². The molecule has 0 atom stereocenters. The van der Waals surface area contributed by atoms with Crippen molar-refractivity contribution in [3.8, 4) is 0 Å². The van der Waals surface area contributed by atoms with Crippen molar-refractivity contribution in [2.75, 3.05) is 31.0 Å². The lowest BCUT2D eigenvalue weighted by molar-refractivity contribution is 0.122. The molecule has 13 heavy (non-hydrogen) atoms. The Morgan fingerprint density at radius 3 is 3.15 bits per heavy atom. The van der Waals surface area contributed by atoms with Gasteiger partial charge in [0.1, 0.15) is 4.60 Å². The lowest BCUT2D eigenvalue weighted by Gasteiger charge is -2.28. The first kappa shape index (κ1) is 2.70. The van der Waals surface area contributed by atoms with Crippen molar-refractivity contribution in [2.24, 2.45) is 0 Å². The fourth-order valence-corrected chi connectivity index (χ4v) is 0.977. The van der Waals surface area contributed by atoms with Crippen molar-refractivity contribution in [3.05, 3.63) is 22.9 Å². The number of anilines is 1. The molecule has 2 heterocycles. The number of halogens is 1. The fraction of sp³-hybridized carbons (Fsp3) is 0.444. The van der Waals surface area contributed by atoms with Crippen LogP contribution in [0.4, 0.5) is 5.69 Å². The summed E-state index contributed by atoms with van der Waals surface area (Å²) in [7, 11) is 0. The Morgan fingerprint density at radius 2 is 2.38 bits per heavy atom. The first-order chi connectivity index (χ1) is 10.6. The van der Waals surface area contributed by atoms with Crippen LogP contribution in [0.2, 0.25) is 0 Å². The highest BCUT2D eigenvalue weighted by molar-refractivity contribution is 9.10. The maximum atomic E-state index is 7.91. The Hall–Kier alpha value is -0.610. The number of hydrogen-bond acceptors (Lipinski definition) is 3. The molecule has 1 aliphatic rings. The van der Waals surface area contributed by atoms with Gasteiger partial charge in [0.2, 0.25) is 0 Å². The number of nitrogens with zero attached hydrogens (tertiary/aromatic N) is 2. The van der Waals surface area contributed by atoms with Gasteiger partial charge in [0.05, 0.1) is 28.2 Å². The van der Waals surface area contributed by atoms with Crippen LogP contribution in [0.25, 0.3) is 0 Å². The minimum absolute atomic E-state index is 0.00134. The Labute approximate surface area is 101 Å². The van der Waals surface area contributed by atoms with Crippen LogP contribution in [-0.2, 0) is 4.74 Å². The minimum Gasteiger partial charge on any atom is -0.378 e. The highest BCUT2D eigenvalue weighted by atomic mass is 79.9. The van der Waals surface area contributed by atoms with E-state index in [0.29, 0.717) is 0 Å². The topological polar surface area (TPSA) is 25.4 Å². The molecule has 1 aromatic heterocycles. The van der Waals surface area contributed by atoms with Crippen LogP contribution in [-0.4, -0.2) is 31.1 Å². The summed E-state index contributed by atoms with van der Waals surface area (Å²) in [6.07, 6.45) is -0.716. The largest absolute Gasteiger partial charge is 0.378 e. The molecule has 70 valence electrons. The third kappa shape index (κ3) is 2.19. The second kappa shape index (κ2) is 4.07. The van der Waals surface area contributed by atoms with Crippen LogP contribution in [0.1, 0.15) is 15.1 Å². The first-order valence-corrected chi connectivity index (χ1v) is 4.01. The SMILES string of the molecule is [2H]c1nc(Br)c([2H])c(N2C([2H])([2H])C([2H])([2H])OC([2H])([2H])C2([2H])[2H])c1[2H]. The monoisotopic (exact) mass is 253 g/mol. The molecular formula is C9H11BrN2O. The summed E-state index contributed by atoms with van der Waals surface area (Å²) in [6.45, 7) is -13.2. The summed E-state index contributed by atoms with van der Waals surface area (Å²) in [4.78, 5) is 3.51. The predicted octanol–water partition coefficient (Wildman–Crippen LogP) is 1.68. The zero-order valence-electron chi connectivity index (χ0n) is 17.2. The van der Waals surface area contributed by atoms with Crippen molar-refractivity contribution in [1.82, 2.24) is 4.98 Å². The van der Waals surface area contributed by atoms with E-state index in [2.05, 4.69) is 25.7 Å². The van der Waals surface area contributed by atoms with E-state index in [4.69, 9.17) is 15.1 Å². The second-order valence-electron chi connectivity index (χ2n) is 1.98. The normalized spacial score (nSPS) is 45.3. The van der Waals surface area contributed by atoms with Crippen LogP contribution in [0.5, 0.6) is 0 Å². The molecule has 1 fully saturated rings. The van der Waals surface area contributed by atoms with Crippen LogP contribution in [0.15, 0.2) is 22.9 Å². The van der Waals surface area contributed by atoms with Gasteiger partial charge in [0.25, 0.3) is 0 Å². The minimum atomic E-state index is -3.31. The number of morpholine rings is 1. The Balaban J connectivity index is 2.88. The maximum Gasteiger partial charge on any atom is 0.108 e. The molecule has 0 spiro atoms. The number of aromatic nitrogens is 1.